The minimum Gasteiger partial charge on any atom is -0.493 e. The third-order valence-corrected chi connectivity index (χ3v) is 7.55. The molecule has 0 amide bonds. The quantitative estimate of drug-likeness (QED) is 0.538. The maximum atomic E-state index is 13.7. The summed E-state index contributed by atoms with van der Waals surface area (Å²) in [5, 5.41) is 3.40. The average molecular weight is 492 g/mol. The van der Waals surface area contributed by atoms with Gasteiger partial charge in [-0.25, -0.2) is 4.79 Å². The molecule has 3 aliphatic rings. The van der Waals surface area contributed by atoms with Gasteiger partial charge < -0.3 is 23.9 Å². The van der Waals surface area contributed by atoms with E-state index in [0.29, 0.717) is 46.9 Å². The van der Waals surface area contributed by atoms with Gasteiger partial charge in [0, 0.05) is 23.4 Å². The van der Waals surface area contributed by atoms with Crippen LogP contribution in [0.3, 0.4) is 0 Å². The maximum absolute atomic E-state index is 13.7. The van der Waals surface area contributed by atoms with E-state index in [1.54, 1.807) is 14.2 Å². The Labute approximate surface area is 211 Å². The first kappa shape index (κ1) is 24.2. The molecule has 2 heterocycles. The minimum absolute atomic E-state index is 0.00116. The van der Waals surface area contributed by atoms with Crippen LogP contribution in [0.25, 0.3) is 0 Å². The second-order valence-electron chi connectivity index (χ2n) is 9.89. The smallest absolute Gasteiger partial charge is 0.337 e. The van der Waals surface area contributed by atoms with Crippen molar-refractivity contribution in [3.8, 4) is 11.5 Å². The number of nitrogens with one attached hydrogen (secondary N) is 1. The highest BCUT2D eigenvalue weighted by Crippen LogP contribution is 2.47. The summed E-state index contributed by atoms with van der Waals surface area (Å²) in [4.78, 5) is 27.2. The van der Waals surface area contributed by atoms with Gasteiger partial charge in [0.05, 0.1) is 25.7 Å². The standard InChI is InChI=1S/C29H33NO6/c1-16-9-11-24(35-16)28-26(29(32)36-20-7-5-6-8-20)17(2)30-21-13-19(14-22(31)27(21)28)18-10-12-23(33-3)25(15-18)34-4/h9-12,15,19-20,28,30H,5-8,13-14H2,1-4H3/t19-,28-/m1/s1. The highest BCUT2D eigenvalue weighted by atomic mass is 16.5. The molecule has 36 heavy (non-hydrogen) atoms. The maximum Gasteiger partial charge on any atom is 0.337 e. The highest BCUT2D eigenvalue weighted by Gasteiger charge is 2.43. The molecule has 0 saturated heterocycles. The van der Waals surface area contributed by atoms with Crippen molar-refractivity contribution >= 4 is 11.8 Å². The van der Waals surface area contributed by atoms with Gasteiger partial charge in [0.2, 0.25) is 0 Å². The van der Waals surface area contributed by atoms with E-state index < -0.39 is 5.92 Å². The van der Waals surface area contributed by atoms with Gasteiger partial charge in [-0.05, 0) is 81.7 Å². The van der Waals surface area contributed by atoms with E-state index in [4.69, 9.17) is 18.6 Å². The summed E-state index contributed by atoms with van der Waals surface area (Å²) in [6.45, 7) is 3.74. The normalized spacial score (nSPS) is 22.4. The summed E-state index contributed by atoms with van der Waals surface area (Å²) in [6, 6.07) is 9.51. The number of ketones is 1. The van der Waals surface area contributed by atoms with Crippen LogP contribution in [0, 0.1) is 6.92 Å². The molecule has 1 aliphatic heterocycles. The van der Waals surface area contributed by atoms with Gasteiger partial charge >= 0.3 is 5.97 Å². The van der Waals surface area contributed by atoms with Gasteiger partial charge in [0.15, 0.2) is 17.3 Å². The predicted octanol–water partition coefficient (Wildman–Crippen LogP) is 5.45. The molecule has 7 nitrogen and oxygen atoms in total. The van der Waals surface area contributed by atoms with Crippen LogP contribution in [0.5, 0.6) is 11.5 Å². The van der Waals surface area contributed by atoms with Gasteiger partial charge in [-0.2, -0.15) is 0 Å². The fourth-order valence-corrected chi connectivity index (χ4v) is 5.77. The monoisotopic (exact) mass is 491 g/mol. The Morgan fingerprint density at radius 3 is 2.42 bits per heavy atom. The molecule has 2 aromatic rings. The van der Waals surface area contributed by atoms with Gasteiger partial charge in [-0.1, -0.05) is 6.07 Å². The Hall–Kier alpha value is -3.48. The molecule has 0 radical (unpaired) electrons. The Bertz CT molecular complexity index is 1250. The van der Waals surface area contributed by atoms with E-state index in [-0.39, 0.29) is 23.8 Å². The van der Waals surface area contributed by atoms with Gasteiger partial charge in [-0.15, -0.1) is 0 Å². The number of furan rings is 1. The molecule has 2 aliphatic carbocycles. The number of ether oxygens (including phenoxy) is 3. The van der Waals surface area contributed by atoms with Gasteiger partial charge in [-0.3, -0.25) is 4.79 Å². The molecule has 1 fully saturated rings. The number of carbonyl (C=O) groups excluding carboxylic acids is 2. The van der Waals surface area contributed by atoms with Crippen molar-refractivity contribution in [1.29, 1.82) is 0 Å². The van der Waals surface area contributed by atoms with Crippen molar-refractivity contribution in [3.05, 3.63) is 70.0 Å². The van der Waals surface area contributed by atoms with E-state index in [1.807, 2.05) is 44.2 Å². The van der Waals surface area contributed by atoms with Crippen LogP contribution < -0.4 is 14.8 Å². The summed E-state index contributed by atoms with van der Waals surface area (Å²) in [5.74, 6) is 1.64. The Morgan fingerprint density at radius 1 is 1.00 bits per heavy atom. The number of carbonyl (C=O) groups is 2. The summed E-state index contributed by atoms with van der Waals surface area (Å²) in [5.41, 5.74) is 3.61. The van der Waals surface area contributed by atoms with Crippen LogP contribution in [-0.2, 0) is 14.3 Å². The summed E-state index contributed by atoms with van der Waals surface area (Å²) >= 11 is 0. The van der Waals surface area contributed by atoms with Gasteiger partial charge in [0.1, 0.15) is 17.6 Å². The van der Waals surface area contributed by atoms with E-state index in [9.17, 15) is 9.59 Å². The number of rotatable bonds is 6. The van der Waals surface area contributed by atoms with E-state index in [2.05, 4.69) is 5.32 Å². The number of Topliss-reactive ketones (excluding diaryl/α,β-unsaturated/α-hetero) is 1. The summed E-state index contributed by atoms with van der Waals surface area (Å²) in [7, 11) is 3.21. The number of allylic oxidation sites excluding steroid dienone is 3. The molecule has 2 atom stereocenters. The lowest BCUT2D eigenvalue weighted by molar-refractivity contribution is -0.144. The number of benzene rings is 1. The van der Waals surface area contributed by atoms with E-state index >= 15 is 0 Å². The van der Waals surface area contributed by atoms with Crippen molar-refractivity contribution in [2.24, 2.45) is 0 Å². The Kier molecular flexibility index (Phi) is 6.65. The van der Waals surface area contributed by atoms with Gasteiger partial charge in [0.25, 0.3) is 0 Å². The number of methoxy groups -OCH3 is 2. The zero-order valence-corrected chi connectivity index (χ0v) is 21.3. The molecule has 5 rings (SSSR count). The number of esters is 1. The number of hydrogen-bond acceptors (Lipinski definition) is 7. The topological polar surface area (TPSA) is 87.0 Å². The molecule has 1 saturated carbocycles. The third-order valence-electron chi connectivity index (χ3n) is 7.55. The van der Waals surface area contributed by atoms with E-state index in [1.165, 1.54) is 0 Å². The lowest BCUT2D eigenvalue weighted by atomic mass is 9.73. The minimum atomic E-state index is -0.581. The summed E-state index contributed by atoms with van der Waals surface area (Å²) < 4.78 is 22.7. The number of hydrogen-bond donors (Lipinski definition) is 1. The highest BCUT2D eigenvalue weighted by molar-refractivity contribution is 6.04. The van der Waals surface area contributed by atoms with Crippen molar-refractivity contribution in [3.63, 3.8) is 0 Å². The molecule has 7 heteroatoms. The fraction of sp³-hybridized carbons (Fsp3) is 0.448. The molecular formula is C29H33NO6. The predicted molar refractivity (Wildman–Crippen MR) is 134 cm³/mol. The van der Waals surface area contributed by atoms with Crippen molar-refractivity contribution in [2.45, 2.75) is 70.3 Å². The van der Waals surface area contributed by atoms with Crippen LogP contribution in [0.1, 0.15) is 74.4 Å². The molecule has 190 valence electrons. The second-order valence-corrected chi connectivity index (χ2v) is 9.89. The molecule has 1 aromatic heterocycles. The Morgan fingerprint density at radius 2 is 1.75 bits per heavy atom. The molecule has 0 unspecified atom stereocenters. The van der Waals surface area contributed by atoms with Crippen molar-refractivity contribution < 1.29 is 28.2 Å². The second kappa shape index (κ2) is 9.88. The zero-order chi connectivity index (χ0) is 25.4. The summed E-state index contributed by atoms with van der Waals surface area (Å²) in [6.07, 6.45) is 4.81. The van der Waals surface area contributed by atoms with Crippen LogP contribution in [0.4, 0.5) is 0 Å². The molecule has 0 bridgehead atoms. The van der Waals surface area contributed by atoms with E-state index in [0.717, 1.165) is 42.7 Å². The fourth-order valence-electron chi connectivity index (χ4n) is 5.77. The third kappa shape index (κ3) is 4.43. The lowest BCUT2D eigenvalue weighted by Crippen LogP contribution is -2.36. The number of aryl methyl sites for hydroxylation is 1. The Balaban J connectivity index is 1.51. The molecule has 1 aromatic carbocycles. The van der Waals surface area contributed by atoms with Crippen molar-refractivity contribution in [2.75, 3.05) is 14.2 Å². The molecular weight excluding hydrogens is 458 g/mol. The van der Waals surface area contributed by atoms with Crippen LogP contribution in [0.15, 0.2) is 57.3 Å². The first-order valence-electron chi connectivity index (χ1n) is 12.6. The first-order chi connectivity index (χ1) is 17.4. The SMILES string of the molecule is COc1ccc([C@H]2CC(=O)C3=C(C2)NC(C)=C(C(=O)OC2CCCC2)[C@H]3c2ccc(C)o2)cc1OC. The number of dihydropyridines is 1. The van der Waals surface area contributed by atoms with Crippen LogP contribution in [0.2, 0.25) is 0 Å². The molecule has 1 N–H and O–H groups in total. The lowest BCUT2D eigenvalue weighted by Gasteiger charge is -2.36. The first-order valence-corrected chi connectivity index (χ1v) is 12.6. The largest absolute Gasteiger partial charge is 0.493 e. The molecule has 0 spiro atoms. The van der Waals surface area contributed by atoms with Crippen molar-refractivity contribution in [1.82, 2.24) is 5.32 Å². The zero-order valence-electron chi connectivity index (χ0n) is 21.3. The van der Waals surface area contributed by atoms with Crippen LogP contribution >= 0.6 is 0 Å². The van der Waals surface area contributed by atoms with Crippen LogP contribution in [-0.4, -0.2) is 32.1 Å². The average Bonchev–Trinajstić information content (AvgIpc) is 3.54.